The van der Waals surface area contributed by atoms with Gasteiger partial charge in [0.2, 0.25) is 0 Å². The van der Waals surface area contributed by atoms with Crippen molar-refractivity contribution in [3.05, 3.63) is 70.6 Å². The van der Waals surface area contributed by atoms with E-state index in [1.807, 2.05) is 51.3 Å². The monoisotopic (exact) mass is 700 g/mol. The number of aryl methyl sites for hydroxylation is 4. The molecule has 10 heteroatoms. The van der Waals surface area contributed by atoms with Crippen LogP contribution in [0.25, 0.3) is 33.6 Å². The molecule has 2 amide bonds. The molecule has 2 aromatic carbocycles. The number of likely N-dealkylation sites (tertiary alicyclic amines) is 2. The Labute approximate surface area is 304 Å². The van der Waals surface area contributed by atoms with Crippen LogP contribution in [0.2, 0.25) is 0 Å². The molecular formula is C42H48N6O4. The summed E-state index contributed by atoms with van der Waals surface area (Å²) in [5.74, 6) is 2.86. The average Bonchev–Trinajstić information content (AvgIpc) is 3.72. The van der Waals surface area contributed by atoms with Gasteiger partial charge in [-0.3, -0.25) is 9.80 Å². The van der Waals surface area contributed by atoms with Crippen LogP contribution < -0.4 is 0 Å². The van der Waals surface area contributed by atoms with E-state index in [1.54, 1.807) is 0 Å². The van der Waals surface area contributed by atoms with Gasteiger partial charge >= 0.3 is 12.2 Å². The quantitative estimate of drug-likeness (QED) is 0.222. The Hall–Kier alpha value is -4.60. The summed E-state index contributed by atoms with van der Waals surface area (Å²) in [6, 6.07) is 14.0. The lowest BCUT2D eigenvalue weighted by molar-refractivity contribution is 0.0164. The first-order valence-corrected chi connectivity index (χ1v) is 19.2. The van der Waals surface area contributed by atoms with Gasteiger partial charge < -0.3 is 19.4 Å². The first kappa shape index (κ1) is 32.1. The topological polar surface area (TPSA) is 116 Å². The first-order chi connectivity index (χ1) is 24.8. The van der Waals surface area contributed by atoms with Gasteiger partial charge in [0, 0.05) is 34.6 Å². The Kier molecular flexibility index (Phi) is 6.76. The molecule has 2 aliphatic heterocycles. The highest BCUT2D eigenvalue weighted by Gasteiger charge is 2.57. The second-order valence-electron chi connectivity index (χ2n) is 18.0. The molecule has 0 bridgehead atoms. The van der Waals surface area contributed by atoms with E-state index in [9.17, 15) is 9.59 Å². The molecule has 2 saturated carbocycles. The van der Waals surface area contributed by atoms with E-state index >= 15 is 0 Å². The Morgan fingerprint density at radius 1 is 0.635 bits per heavy atom. The van der Waals surface area contributed by atoms with Crippen LogP contribution in [0.4, 0.5) is 9.59 Å². The maximum Gasteiger partial charge on any atom is 0.411 e. The molecule has 6 aliphatic rings. The summed E-state index contributed by atoms with van der Waals surface area (Å²) in [6.07, 6.45) is 7.21. The zero-order chi connectivity index (χ0) is 35.8. The largest absolute Gasteiger partial charge is 0.444 e. The number of hydrogen-bond donors (Lipinski definition) is 2. The zero-order valence-electron chi connectivity index (χ0n) is 31.0. The van der Waals surface area contributed by atoms with E-state index in [0.29, 0.717) is 11.8 Å². The fourth-order valence-corrected chi connectivity index (χ4v) is 9.48. The van der Waals surface area contributed by atoms with Crippen molar-refractivity contribution in [3.63, 3.8) is 0 Å². The third kappa shape index (κ3) is 5.35. The second-order valence-corrected chi connectivity index (χ2v) is 18.0. The van der Waals surface area contributed by atoms with Crippen LogP contribution in [-0.4, -0.2) is 65.2 Å². The van der Waals surface area contributed by atoms with Crippen molar-refractivity contribution in [2.75, 3.05) is 0 Å². The van der Waals surface area contributed by atoms with Crippen molar-refractivity contribution < 1.29 is 19.1 Å². The van der Waals surface area contributed by atoms with Crippen LogP contribution in [0.5, 0.6) is 0 Å². The van der Waals surface area contributed by atoms with Crippen molar-refractivity contribution in [1.82, 2.24) is 29.7 Å². The summed E-state index contributed by atoms with van der Waals surface area (Å²) in [4.78, 5) is 47.9. The summed E-state index contributed by atoms with van der Waals surface area (Å²) >= 11 is 0. The molecule has 10 rings (SSSR count). The molecule has 4 aromatic rings. The van der Waals surface area contributed by atoms with E-state index in [-0.39, 0.29) is 36.4 Å². The van der Waals surface area contributed by atoms with Gasteiger partial charge in [0.05, 0.1) is 23.5 Å². The number of hydrogen-bond acceptors (Lipinski definition) is 6. The van der Waals surface area contributed by atoms with Crippen molar-refractivity contribution in [3.8, 4) is 33.6 Å². The molecule has 0 radical (unpaired) electrons. The van der Waals surface area contributed by atoms with Gasteiger partial charge in [0.1, 0.15) is 22.9 Å². The molecule has 2 saturated heterocycles. The van der Waals surface area contributed by atoms with Crippen molar-refractivity contribution >= 4 is 12.2 Å². The number of aromatic amines is 2. The maximum atomic E-state index is 13.2. The minimum absolute atomic E-state index is 0.0683. The summed E-state index contributed by atoms with van der Waals surface area (Å²) in [6.45, 7) is 11.5. The van der Waals surface area contributed by atoms with Crippen LogP contribution in [0, 0.1) is 11.8 Å². The molecule has 0 unspecified atom stereocenters. The highest BCUT2D eigenvalue weighted by atomic mass is 16.6. The van der Waals surface area contributed by atoms with Crippen molar-refractivity contribution in [2.45, 2.75) is 128 Å². The lowest BCUT2D eigenvalue weighted by atomic mass is 9.87. The third-order valence-electron chi connectivity index (χ3n) is 12.0. The number of piperidine rings is 2. The molecule has 4 heterocycles. The number of H-pyrrole nitrogens is 2. The van der Waals surface area contributed by atoms with Crippen molar-refractivity contribution in [1.29, 1.82) is 0 Å². The average molecular weight is 701 g/mol. The van der Waals surface area contributed by atoms with Gasteiger partial charge in [0.25, 0.3) is 0 Å². The van der Waals surface area contributed by atoms with Gasteiger partial charge in [0.15, 0.2) is 0 Å². The number of nitrogens with one attached hydrogen (secondary N) is 2. The lowest BCUT2D eigenvalue weighted by Crippen LogP contribution is -2.38. The number of ether oxygens (including phenoxy) is 2. The van der Waals surface area contributed by atoms with E-state index in [2.05, 4.69) is 46.4 Å². The van der Waals surface area contributed by atoms with Gasteiger partial charge in [-0.05, 0) is 127 Å². The van der Waals surface area contributed by atoms with Crippen LogP contribution in [0.1, 0.15) is 113 Å². The van der Waals surface area contributed by atoms with Gasteiger partial charge in [-0.25, -0.2) is 19.6 Å². The highest BCUT2D eigenvalue weighted by molar-refractivity contribution is 5.79. The Bertz CT molecular complexity index is 2000. The molecular weight excluding hydrogens is 653 g/mol. The number of imidazole rings is 2. The predicted octanol–water partition coefficient (Wildman–Crippen LogP) is 8.47. The predicted molar refractivity (Wildman–Crippen MR) is 197 cm³/mol. The van der Waals surface area contributed by atoms with Gasteiger partial charge in [-0.1, -0.05) is 36.4 Å². The number of benzene rings is 2. The number of aromatic nitrogens is 4. The number of rotatable bonds is 3. The fraction of sp³-hybridized carbons (Fsp3) is 0.524. The summed E-state index contributed by atoms with van der Waals surface area (Å²) < 4.78 is 11.6. The van der Waals surface area contributed by atoms with Gasteiger partial charge in [-0.2, -0.15) is 0 Å². The Morgan fingerprint density at radius 2 is 1.06 bits per heavy atom. The summed E-state index contributed by atoms with van der Waals surface area (Å²) in [5.41, 5.74) is 10.7. The van der Waals surface area contributed by atoms with Crippen molar-refractivity contribution in [2.24, 2.45) is 11.8 Å². The van der Waals surface area contributed by atoms with E-state index in [4.69, 9.17) is 19.4 Å². The number of amides is 2. The minimum Gasteiger partial charge on any atom is -0.444 e. The smallest absolute Gasteiger partial charge is 0.411 e. The highest BCUT2D eigenvalue weighted by Crippen LogP contribution is 2.55. The molecule has 270 valence electrons. The minimum atomic E-state index is -0.528. The SMILES string of the molecule is CC(C)(C)OC(=O)N1[C@@H]2C[C@@H]2C[C@H]1c1nc2c([nH]1)CCc1cc(-c3ccc4c(c3)CCc3[nH]c([C@@H]5C[C@H]6C[C@H]6N5C(=O)OC(C)(C)C)nc3-4)ccc1-2. The normalized spacial score (nSPS) is 26.5. The Morgan fingerprint density at radius 3 is 1.46 bits per heavy atom. The molecule has 4 fully saturated rings. The molecule has 4 aliphatic carbocycles. The van der Waals surface area contributed by atoms with Crippen LogP contribution in [-0.2, 0) is 35.2 Å². The molecule has 0 spiro atoms. The van der Waals surface area contributed by atoms with E-state index in [0.717, 1.165) is 85.8 Å². The van der Waals surface area contributed by atoms with E-state index < -0.39 is 11.2 Å². The summed E-state index contributed by atoms with van der Waals surface area (Å²) in [5, 5.41) is 0. The molecule has 2 aromatic heterocycles. The van der Waals surface area contributed by atoms with Crippen LogP contribution >= 0.6 is 0 Å². The molecule has 6 atom stereocenters. The maximum absolute atomic E-state index is 13.2. The Balaban J connectivity index is 0.894. The molecule has 2 N–H and O–H groups in total. The number of fused-ring (bicyclic) bond motifs is 8. The third-order valence-corrected chi connectivity index (χ3v) is 12.0. The van der Waals surface area contributed by atoms with Crippen LogP contribution in [0.3, 0.4) is 0 Å². The summed E-state index contributed by atoms with van der Waals surface area (Å²) in [7, 11) is 0. The first-order valence-electron chi connectivity index (χ1n) is 19.2. The molecule has 10 nitrogen and oxygen atoms in total. The second kappa shape index (κ2) is 11.0. The standard InChI is InChI=1S/C42H48N6O4/c1-41(2,3)51-39(49)47-31-17-25(31)19-33(47)37-43-29-13-9-23-15-21(7-11-27(23)35(29)45-37)22-8-12-28-24(16-22)10-14-30-36(28)46-38(44-30)34-20-26-18-32(26)48(34)40(50)52-42(4,5)6/h7-8,11-12,15-16,25-26,31-34H,9-10,13-14,17-20H2,1-6H3,(H,43,45)(H,44,46)/t25-,26-,31-,32-,33+,34+/m1/s1. The fourth-order valence-electron chi connectivity index (χ4n) is 9.48. The number of carbonyl (C=O) groups excluding carboxylic acids is 2. The van der Waals surface area contributed by atoms with Crippen LogP contribution in [0.15, 0.2) is 36.4 Å². The number of carbonyl (C=O) groups is 2. The zero-order valence-corrected chi connectivity index (χ0v) is 31.0. The number of nitrogens with zero attached hydrogens (tertiary/aromatic N) is 4. The van der Waals surface area contributed by atoms with E-state index in [1.165, 1.54) is 33.4 Å². The van der Waals surface area contributed by atoms with Gasteiger partial charge in [-0.15, -0.1) is 0 Å². The molecule has 52 heavy (non-hydrogen) atoms. The lowest BCUT2D eigenvalue weighted by Gasteiger charge is -2.29.